The van der Waals surface area contributed by atoms with Gasteiger partial charge in [0.15, 0.2) is 0 Å². The molecule has 35 nitrogen and oxygen atoms in total. The summed E-state index contributed by atoms with van der Waals surface area (Å²) in [6.45, 7) is -1.35. The molecule has 2 fully saturated rings. The predicted octanol–water partition coefficient (Wildman–Crippen LogP) is -3.10. The van der Waals surface area contributed by atoms with E-state index < -0.39 is 162 Å². The van der Waals surface area contributed by atoms with Crippen molar-refractivity contribution in [1.29, 1.82) is 0 Å². The lowest BCUT2D eigenvalue weighted by molar-refractivity contribution is -0.206. The molecule has 12 atom stereocenters. The zero-order valence-electron chi connectivity index (χ0n) is 30.2. The van der Waals surface area contributed by atoms with Crippen LogP contribution >= 0.6 is 62.6 Å². The molecule has 0 spiro atoms. The van der Waals surface area contributed by atoms with Crippen LogP contribution in [0.1, 0.15) is 13.8 Å². The van der Waals surface area contributed by atoms with E-state index in [2.05, 4.69) is 36.2 Å². The van der Waals surface area contributed by atoms with E-state index in [9.17, 15) is 115 Å². The highest BCUT2D eigenvalue weighted by molar-refractivity contribution is 7.48. The highest BCUT2D eigenvalue weighted by Crippen LogP contribution is 2.56. The van der Waals surface area contributed by atoms with Gasteiger partial charge in [0.05, 0.1) is 32.5 Å². The molecular formula is C18H42O35P8. The summed E-state index contributed by atoms with van der Waals surface area (Å²) in [5.74, 6) is -3.61. The highest BCUT2D eigenvalue weighted by Gasteiger charge is 2.60. The van der Waals surface area contributed by atoms with Crippen molar-refractivity contribution in [2.75, 3.05) is 26.4 Å². The van der Waals surface area contributed by atoms with Crippen LogP contribution in [-0.4, -0.2) is 166 Å². The van der Waals surface area contributed by atoms with Crippen molar-refractivity contribution >= 4 is 62.6 Å². The second-order valence-electron chi connectivity index (χ2n) is 12.5. The molecule has 0 aliphatic heterocycles. The number of ether oxygens (including phenoxy) is 3. The first-order chi connectivity index (χ1) is 27.1. The van der Waals surface area contributed by atoms with E-state index in [1.165, 1.54) is 0 Å². The van der Waals surface area contributed by atoms with Gasteiger partial charge in [0.25, 0.3) is 0 Å². The van der Waals surface area contributed by atoms with Gasteiger partial charge < -0.3 is 92.5 Å². The maximum atomic E-state index is 11.9. The Bertz CT molecular complexity index is 1830. The van der Waals surface area contributed by atoms with Gasteiger partial charge >= 0.3 is 62.6 Å². The van der Waals surface area contributed by atoms with Crippen molar-refractivity contribution in [2.45, 2.75) is 74.9 Å². The molecule has 364 valence electrons. The normalized spacial score (nSPS) is 31.6. The summed E-state index contributed by atoms with van der Waals surface area (Å²) in [4.78, 5) is 152. The monoisotopic (exact) mass is 1070 g/mol. The van der Waals surface area contributed by atoms with Gasteiger partial charge in [-0.25, -0.2) is 36.5 Å². The number of phosphoric acid groups is 8. The quantitative estimate of drug-likeness (QED) is 0.0336. The van der Waals surface area contributed by atoms with Crippen molar-refractivity contribution < 1.29 is 165 Å². The average molecular weight is 1070 g/mol. The van der Waals surface area contributed by atoms with Crippen LogP contribution in [0, 0.1) is 11.8 Å². The Labute approximate surface area is 340 Å². The van der Waals surface area contributed by atoms with Crippen molar-refractivity contribution in [3.8, 4) is 0 Å². The summed E-state index contributed by atoms with van der Waals surface area (Å²) in [6, 6.07) is 0. The first-order valence-corrected chi connectivity index (χ1v) is 28.0. The third-order valence-corrected chi connectivity index (χ3v) is 12.0. The fourth-order valence-electron chi connectivity index (χ4n) is 6.05. The molecule has 43 heteroatoms. The van der Waals surface area contributed by atoms with Crippen LogP contribution in [0.2, 0.25) is 0 Å². The Hall–Kier alpha value is 0.760. The van der Waals surface area contributed by atoms with E-state index in [0.29, 0.717) is 0 Å². The number of hydrogen-bond acceptors (Lipinski definition) is 19. The molecule has 0 heterocycles. The summed E-state index contributed by atoms with van der Waals surface area (Å²) in [5.41, 5.74) is 0. The Kier molecular flexibility index (Phi) is 20.7. The number of rotatable bonds is 24. The molecule has 0 aromatic heterocycles. The van der Waals surface area contributed by atoms with Crippen molar-refractivity contribution in [2.24, 2.45) is 11.8 Å². The molecule has 0 saturated heterocycles. The van der Waals surface area contributed by atoms with E-state index in [0.717, 1.165) is 13.8 Å². The van der Waals surface area contributed by atoms with Gasteiger partial charge in [-0.3, -0.25) is 36.2 Å². The van der Waals surface area contributed by atoms with Gasteiger partial charge in [-0.05, 0) is 0 Å². The van der Waals surface area contributed by atoms with Crippen LogP contribution < -0.4 is 0 Å². The minimum atomic E-state index is -5.89. The van der Waals surface area contributed by atoms with Gasteiger partial charge in [0.2, 0.25) is 0 Å². The van der Waals surface area contributed by atoms with Gasteiger partial charge in [0.1, 0.15) is 54.9 Å². The van der Waals surface area contributed by atoms with E-state index in [4.69, 9.17) is 14.2 Å². The predicted molar refractivity (Wildman–Crippen MR) is 184 cm³/mol. The van der Waals surface area contributed by atoms with E-state index in [1.807, 2.05) is 0 Å². The van der Waals surface area contributed by atoms with Gasteiger partial charge in [-0.15, -0.1) is 0 Å². The summed E-state index contributed by atoms with van der Waals surface area (Å²) in [6.07, 6.45) is -24.6. The second kappa shape index (κ2) is 21.8. The highest BCUT2D eigenvalue weighted by atomic mass is 31.2. The van der Waals surface area contributed by atoms with Crippen molar-refractivity contribution in [1.82, 2.24) is 0 Å². The van der Waals surface area contributed by atoms with Gasteiger partial charge in [-0.2, -0.15) is 0 Å². The molecular weight excluding hydrogens is 1020 g/mol. The molecule has 2 aliphatic rings. The maximum Gasteiger partial charge on any atom is 0.470 e. The van der Waals surface area contributed by atoms with Crippen LogP contribution in [0.5, 0.6) is 0 Å². The van der Waals surface area contributed by atoms with E-state index in [-0.39, 0.29) is 0 Å². The molecule has 0 aromatic rings. The Balaban J connectivity index is 2.42. The van der Waals surface area contributed by atoms with Crippen LogP contribution in [-0.2, 0) is 86.9 Å². The summed E-state index contributed by atoms with van der Waals surface area (Å²) < 4.78 is 147. The molecule has 0 amide bonds. The second-order valence-corrected chi connectivity index (χ2v) is 22.0. The van der Waals surface area contributed by atoms with E-state index in [1.54, 1.807) is 0 Å². The minimum absolute atomic E-state index is 0.709. The Morgan fingerprint density at radius 3 is 0.738 bits per heavy atom. The fraction of sp³-hybridized carbons (Fsp3) is 1.00. The Morgan fingerprint density at radius 2 is 0.459 bits per heavy atom. The summed E-state index contributed by atoms with van der Waals surface area (Å²) in [5, 5.41) is 0. The molecule has 61 heavy (non-hydrogen) atoms. The maximum absolute atomic E-state index is 11.9. The topological polar surface area (TPSA) is 562 Å². The molecule has 2 aliphatic carbocycles. The van der Waals surface area contributed by atoms with Gasteiger partial charge in [-0.1, -0.05) is 13.8 Å². The Morgan fingerprint density at radius 1 is 0.279 bits per heavy atom. The molecule has 0 radical (unpaired) electrons. The lowest BCUT2D eigenvalue weighted by atomic mass is 9.79. The van der Waals surface area contributed by atoms with Crippen LogP contribution in [0.4, 0.5) is 0 Å². The third-order valence-electron chi connectivity index (χ3n) is 7.81. The first-order valence-electron chi connectivity index (χ1n) is 15.8. The van der Waals surface area contributed by atoms with Crippen LogP contribution in [0.25, 0.3) is 0 Å². The number of phosphoric ester groups is 8. The molecule has 16 N–H and O–H groups in total. The zero-order chi connectivity index (χ0) is 47.5. The van der Waals surface area contributed by atoms with Gasteiger partial charge in [0, 0.05) is 11.8 Å². The fourth-order valence-corrected chi connectivity index (χ4v) is 10.7. The largest absolute Gasteiger partial charge is 0.470 e. The molecule has 2 rings (SSSR count). The molecule has 2 saturated carbocycles. The lowest BCUT2D eigenvalue weighted by Gasteiger charge is -2.48. The standard InChI is InChI=1S/C18H42O35P8/c1-7-9(14(49-57(28,29)30)18(53-61(40,41)42)16(51-59(34,35)36)11(7)47-55(22,23)24)44-5-3-43-4-6-45-13-10(46-54(19,20)21)8(2)12(48-56(25,26)27)15(50-58(31,32)33)17(13)52-60(37,38)39/h7-18H,3-6H2,1-2H3,(H2,19,20,21)(H2,22,23,24)(H2,25,26,27)(H2,28,29,30)(H2,31,32,33)(H2,34,35,36)(H2,37,38,39)(H2,40,41,42)/t7-,8-,9-,10-,11+,12-,13+,14+,15-,16+,17-,18-/m0/s1. The van der Waals surface area contributed by atoms with Crippen LogP contribution in [0.15, 0.2) is 0 Å². The summed E-state index contributed by atoms with van der Waals surface area (Å²) >= 11 is 0. The van der Waals surface area contributed by atoms with Crippen LogP contribution in [0.3, 0.4) is 0 Å². The SMILES string of the molecule is C[C@@H]1[C@H](OP(=O)(O)O)[C@H](OP(=O)(O)O)[C@@H](OP(=O)(O)O)[C@H](OCCOCCO[C@H]2[C@H](C)[C@@H](OP(=O)(O)O)[C@@H](OP(=O)(O)O)[C@@H](OP(=O)(O)O)[C@@H]2OP(=O)(O)O)[C@H]1OP(=O)(O)O. The first kappa shape index (κ1) is 57.9. The number of hydrogen-bond donors (Lipinski definition) is 16. The minimum Gasteiger partial charge on any atom is -0.377 e. The smallest absolute Gasteiger partial charge is 0.377 e. The molecule has 0 unspecified atom stereocenters. The van der Waals surface area contributed by atoms with E-state index >= 15 is 0 Å². The molecule has 0 bridgehead atoms. The average Bonchev–Trinajstić information content (AvgIpc) is 2.98. The van der Waals surface area contributed by atoms with Crippen molar-refractivity contribution in [3.05, 3.63) is 0 Å². The van der Waals surface area contributed by atoms with Crippen molar-refractivity contribution in [3.63, 3.8) is 0 Å². The third kappa shape index (κ3) is 21.5. The molecule has 0 aromatic carbocycles. The lowest BCUT2D eigenvalue weighted by Crippen LogP contribution is -2.63. The zero-order valence-corrected chi connectivity index (χ0v) is 37.4. The summed E-state index contributed by atoms with van der Waals surface area (Å²) in [7, 11) is -46.3.